The molecule has 0 aliphatic heterocycles. The van der Waals surface area contributed by atoms with Crippen LogP contribution in [0.1, 0.15) is 72.3 Å². The third-order valence-corrected chi connectivity index (χ3v) is 5.22. The Balaban J connectivity index is 2.20. The quantitative estimate of drug-likeness (QED) is 0.384. The summed E-state index contributed by atoms with van der Waals surface area (Å²) in [4.78, 5) is 17.5. The van der Waals surface area contributed by atoms with Gasteiger partial charge in [0.25, 0.3) is 0 Å². The Morgan fingerprint density at radius 1 is 1.10 bits per heavy atom. The number of carbonyl (C=O) groups is 1. The fourth-order valence-electron chi connectivity index (χ4n) is 3.79. The second kappa shape index (κ2) is 11.2. The van der Waals surface area contributed by atoms with Gasteiger partial charge in [-0.2, -0.15) is 0 Å². The Labute approximate surface area is 181 Å². The van der Waals surface area contributed by atoms with E-state index in [4.69, 9.17) is 14.5 Å². The summed E-state index contributed by atoms with van der Waals surface area (Å²) in [5, 5.41) is 10.6. The molecule has 1 aliphatic carbocycles. The molecule has 0 atom stereocenters. The first-order chi connectivity index (χ1) is 14.3. The fraction of sp³-hybridized carbons (Fsp3) is 0.600. The Hall–Kier alpha value is -2.30. The highest BCUT2D eigenvalue weighted by molar-refractivity contribution is 6.24. The van der Waals surface area contributed by atoms with Gasteiger partial charge in [-0.1, -0.05) is 33.3 Å². The zero-order valence-corrected chi connectivity index (χ0v) is 19.2. The van der Waals surface area contributed by atoms with E-state index in [0.717, 1.165) is 42.0 Å². The summed E-state index contributed by atoms with van der Waals surface area (Å²) in [5.41, 5.74) is 2.19. The Morgan fingerprint density at radius 3 is 2.47 bits per heavy atom. The maximum Gasteiger partial charge on any atom is 0.168 e. The van der Waals surface area contributed by atoms with Crippen LogP contribution in [-0.4, -0.2) is 36.4 Å². The van der Waals surface area contributed by atoms with E-state index < -0.39 is 0 Å². The van der Waals surface area contributed by atoms with Crippen molar-refractivity contribution in [3.05, 3.63) is 35.1 Å². The van der Waals surface area contributed by atoms with Gasteiger partial charge in [-0.3, -0.25) is 9.79 Å². The second-order valence-corrected chi connectivity index (χ2v) is 8.59. The SMILES string of the molecule is CCCCC(O)=C1C(=O)CC(C)(C)CC1=NCCc1ccc(OCC)c(OCC)c1. The first kappa shape index (κ1) is 24.0. The molecule has 0 saturated heterocycles. The molecule has 30 heavy (non-hydrogen) atoms. The van der Waals surface area contributed by atoms with Gasteiger partial charge in [0.2, 0.25) is 0 Å². The largest absolute Gasteiger partial charge is 0.511 e. The highest BCUT2D eigenvalue weighted by atomic mass is 16.5. The molecular formula is C25H37NO4. The van der Waals surface area contributed by atoms with Crippen LogP contribution in [0.3, 0.4) is 0 Å². The molecular weight excluding hydrogens is 378 g/mol. The lowest BCUT2D eigenvalue weighted by Crippen LogP contribution is -2.33. The molecule has 2 rings (SSSR count). The van der Waals surface area contributed by atoms with Crippen molar-refractivity contribution in [3.8, 4) is 11.5 Å². The molecule has 0 unspecified atom stereocenters. The van der Waals surface area contributed by atoms with E-state index in [1.54, 1.807) is 0 Å². The van der Waals surface area contributed by atoms with Crippen LogP contribution in [0.5, 0.6) is 11.5 Å². The minimum atomic E-state index is -0.133. The zero-order valence-electron chi connectivity index (χ0n) is 19.2. The summed E-state index contributed by atoms with van der Waals surface area (Å²) in [7, 11) is 0. The standard InChI is InChI=1S/C25H37NO4/c1-6-9-10-20(27)24-19(16-25(4,5)17-21(24)28)26-14-13-18-11-12-22(29-7-2)23(15-18)30-8-3/h11-12,15,27H,6-10,13-14,16-17H2,1-5H3. The molecule has 0 spiro atoms. The van der Waals surface area contributed by atoms with E-state index >= 15 is 0 Å². The van der Waals surface area contributed by atoms with E-state index in [9.17, 15) is 9.90 Å². The maximum absolute atomic E-state index is 12.7. The predicted octanol–water partition coefficient (Wildman–Crippen LogP) is 5.86. The smallest absolute Gasteiger partial charge is 0.168 e. The van der Waals surface area contributed by atoms with Gasteiger partial charge in [-0.05, 0) is 56.2 Å². The first-order valence-corrected chi connectivity index (χ1v) is 11.2. The normalized spacial score (nSPS) is 19.1. The van der Waals surface area contributed by atoms with Crippen molar-refractivity contribution in [1.82, 2.24) is 0 Å². The number of hydrogen-bond donors (Lipinski definition) is 1. The Kier molecular flexibility index (Phi) is 8.94. The molecule has 1 aromatic rings. The van der Waals surface area contributed by atoms with Gasteiger partial charge in [0.05, 0.1) is 18.8 Å². The zero-order chi connectivity index (χ0) is 22.1. The molecule has 5 nitrogen and oxygen atoms in total. The number of Topliss-reactive ketones (excluding diaryl/α,β-unsaturated/α-hetero) is 1. The van der Waals surface area contributed by atoms with E-state index in [-0.39, 0.29) is 17.0 Å². The minimum Gasteiger partial charge on any atom is -0.511 e. The lowest BCUT2D eigenvalue weighted by molar-refractivity contribution is -0.117. The molecule has 1 saturated carbocycles. The summed E-state index contributed by atoms with van der Waals surface area (Å²) in [6.07, 6.45) is 4.27. The molecule has 166 valence electrons. The van der Waals surface area contributed by atoms with Crippen molar-refractivity contribution >= 4 is 11.5 Å². The van der Waals surface area contributed by atoms with Crippen LogP contribution >= 0.6 is 0 Å². The van der Waals surface area contributed by atoms with Crippen molar-refractivity contribution in [2.45, 2.75) is 73.1 Å². The van der Waals surface area contributed by atoms with Crippen molar-refractivity contribution in [3.63, 3.8) is 0 Å². The lowest BCUT2D eigenvalue weighted by Gasteiger charge is -2.31. The highest BCUT2D eigenvalue weighted by Crippen LogP contribution is 2.36. The van der Waals surface area contributed by atoms with Crippen molar-refractivity contribution < 1.29 is 19.4 Å². The van der Waals surface area contributed by atoms with Crippen molar-refractivity contribution in [1.29, 1.82) is 0 Å². The summed E-state index contributed by atoms with van der Waals surface area (Å²) < 4.78 is 11.3. The van der Waals surface area contributed by atoms with Crippen LogP contribution in [-0.2, 0) is 11.2 Å². The lowest BCUT2D eigenvalue weighted by atomic mass is 9.73. The molecule has 1 fully saturated rings. The number of nitrogens with zero attached hydrogens (tertiary/aromatic N) is 1. The maximum atomic E-state index is 12.7. The topological polar surface area (TPSA) is 68.1 Å². The van der Waals surface area contributed by atoms with Crippen LogP contribution in [0, 0.1) is 5.41 Å². The molecule has 5 heteroatoms. The Morgan fingerprint density at radius 2 is 1.80 bits per heavy atom. The molecule has 0 aromatic heterocycles. The van der Waals surface area contributed by atoms with Crippen molar-refractivity contribution in [2.24, 2.45) is 10.4 Å². The fourth-order valence-corrected chi connectivity index (χ4v) is 3.79. The number of allylic oxidation sites excluding steroid dienone is 2. The highest BCUT2D eigenvalue weighted by Gasteiger charge is 2.35. The summed E-state index contributed by atoms with van der Waals surface area (Å²) in [6, 6.07) is 5.96. The molecule has 0 bridgehead atoms. The van der Waals surface area contributed by atoms with Gasteiger partial charge in [-0.25, -0.2) is 0 Å². The van der Waals surface area contributed by atoms with E-state index in [0.29, 0.717) is 44.6 Å². The third-order valence-electron chi connectivity index (χ3n) is 5.22. The molecule has 0 heterocycles. The number of carbonyl (C=O) groups excluding carboxylic acids is 1. The van der Waals surface area contributed by atoms with Gasteiger partial charge in [0.15, 0.2) is 17.3 Å². The summed E-state index contributed by atoms with van der Waals surface area (Å²) >= 11 is 0. The van der Waals surface area contributed by atoms with Crippen LogP contribution in [0.2, 0.25) is 0 Å². The Bertz CT molecular complexity index is 792. The van der Waals surface area contributed by atoms with Gasteiger partial charge in [0, 0.05) is 25.1 Å². The van der Waals surface area contributed by atoms with E-state index in [1.807, 2.05) is 32.0 Å². The second-order valence-electron chi connectivity index (χ2n) is 8.59. The molecule has 1 aromatic carbocycles. The van der Waals surface area contributed by atoms with E-state index in [2.05, 4.69) is 20.8 Å². The third kappa shape index (κ3) is 6.61. The molecule has 0 radical (unpaired) electrons. The number of ketones is 1. The minimum absolute atomic E-state index is 0.0123. The predicted molar refractivity (Wildman–Crippen MR) is 122 cm³/mol. The number of rotatable bonds is 10. The van der Waals surface area contributed by atoms with Gasteiger partial charge >= 0.3 is 0 Å². The summed E-state index contributed by atoms with van der Waals surface area (Å²) in [5.74, 6) is 1.71. The number of ether oxygens (including phenoxy) is 2. The van der Waals surface area contributed by atoms with E-state index in [1.165, 1.54) is 0 Å². The number of hydrogen-bond acceptors (Lipinski definition) is 5. The number of aliphatic hydroxyl groups excluding tert-OH is 1. The monoisotopic (exact) mass is 415 g/mol. The number of unbranched alkanes of at least 4 members (excludes halogenated alkanes) is 1. The van der Waals surface area contributed by atoms with Crippen LogP contribution in [0.4, 0.5) is 0 Å². The van der Waals surface area contributed by atoms with Crippen LogP contribution in [0.25, 0.3) is 0 Å². The van der Waals surface area contributed by atoms with Crippen LogP contribution in [0.15, 0.2) is 34.5 Å². The average molecular weight is 416 g/mol. The van der Waals surface area contributed by atoms with Gasteiger partial charge < -0.3 is 14.6 Å². The van der Waals surface area contributed by atoms with Gasteiger partial charge in [0.1, 0.15) is 5.76 Å². The first-order valence-electron chi connectivity index (χ1n) is 11.2. The van der Waals surface area contributed by atoms with Gasteiger partial charge in [-0.15, -0.1) is 0 Å². The summed E-state index contributed by atoms with van der Waals surface area (Å²) in [6.45, 7) is 11.9. The average Bonchev–Trinajstić information content (AvgIpc) is 2.67. The number of aliphatic imine (C=N–C) groups is 1. The number of benzene rings is 1. The molecule has 1 aliphatic rings. The van der Waals surface area contributed by atoms with Crippen LogP contribution < -0.4 is 9.47 Å². The number of aliphatic hydroxyl groups is 1. The molecule has 1 N–H and O–H groups in total. The molecule has 0 amide bonds. The van der Waals surface area contributed by atoms with Crippen molar-refractivity contribution in [2.75, 3.05) is 19.8 Å².